The van der Waals surface area contributed by atoms with Crippen LogP contribution in [0.3, 0.4) is 0 Å². The van der Waals surface area contributed by atoms with E-state index < -0.39 is 0 Å². The van der Waals surface area contributed by atoms with Crippen LogP contribution in [0.5, 0.6) is 0 Å². The van der Waals surface area contributed by atoms with Gasteiger partial charge in [0, 0.05) is 12.1 Å². The van der Waals surface area contributed by atoms with E-state index in [1.54, 1.807) is 0 Å². The molecule has 19 heavy (non-hydrogen) atoms. The number of likely N-dealkylation sites (N-methyl/N-ethyl adjacent to an activating group) is 1. The van der Waals surface area contributed by atoms with Crippen molar-refractivity contribution in [3.05, 3.63) is 0 Å². The molecule has 1 unspecified atom stereocenters. The van der Waals surface area contributed by atoms with Crippen LogP contribution in [0.15, 0.2) is 0 Å². The van der Waals surface area contributed by atoms with Gasteiger partial charge < -0.3 is 20.2 Å². The van der Waals surface area contributed by atoms with Crippen molar-refractivity contribution in [1.29, 1.82) is 0 Å². The number of aliphatic hydroxyl groups is 1. The summed E-state index contributed by atoms with van der Waals surface area (Å²) in [6.07, 6.45) is 4.87. The summed E-state index contributed by atoms with van der Waals surface area (Å²) in [4.78, 5) is 4.89. The van der Waals surface area contributed by atoms with Gasteiger partial charge in [0.25, 0.3) is 0 Å². The van der Waals surface area contributed by atoms with Gasteiger partial charge in [-0.15, -0.1) is 0 Å². The van der Waals surface area contributed by atoms with Crippen LogP contribution in [-0.2, 0) is 0 Å². The molecule has 1 heterocycles. The highest BCUT2D eigenvalue weighted by Gasteiger charge is 2.22. The monoisotopic (exact) mass is 271 g/mol. The molecule has 0 aromatic heterocycles. The topological polar surface area (TPSA) is 38.7 Å². The summed E-state index contributed by atoms with van der Waals surface area (Å²) >= 11 is 0. The van der Waals surface area contributed by atoms with Crippen molar-refractivity contribution in [2.75, 3.05) is 53.9 Å². The molecule has 0 spiro atoms. The van der Waals surface area contributed by atoms with Gasteiger partial charge in [0.1, 0.15) is 0 Å². The Balaban J connectivity index is 2.16. The molecule has 1 saturated heterocycles. The molecule has 114 valence electrons. The molecule has 2 N–H and O–H groups in total. The summed E-state index contributed by atoms with van der Waals surface area (Å²) in [6, 6.07) is 0. The number of nitrogens with one attached hydrogen (secondary N) is 1. The zero-order valence-electron chi connectivity index (χ0n) is 13.3. The maximum atomic E-state index is 9.36. The number of piperidine rings is 1. The Bertz CT molecular complexity index is 234. The predicted octanol–water partition coefficient (Wildman–Crippen LogP) is 1.01. The molecule has 1 rings (SSSR count). The van der Waals surface area contributed by atoms with E-state index in [0.717, 1.165) is 18.8 Å². The molecule has 0 aromatic carbocycles. The third-order valence-corrected chi connectivity index (χ3v) is 4.49. The van der Waals surface area contributed by atoms with E-state index in [1.165, 1.54) is 39.0 Å². The molecule has 0 aromatic rings. The molecule has 0 aliphatic carbocycles. The van der Waals surface area contributed by atoms with Crippen molar-refractivity contribution >= 4 is 0 Å². The van der Waals surface area contributed by atoms with Crippen LogP contribution in [0.2, 0.25) is 0 Å². The van der Waals surface area contributed by atoms with Crippen LogP contribution in [0.25, 0.3) is 0 Å². The summed E-state index contributed by atoms with van der Waals surface area (Å²) < 4.78 is 0. The van der Waals surface area contributed by atoms with E-state index in [1.807, 2.05) is 7.05 Å². The molecule has 0 amide bonds. The first kappa shape index (κ1) is 16.9. The molecule has 1 aliphatic heterocycles. The first-order valence-corrected chi connectivity index (χ1v) is 7.66. The van der Waals surface area contributed by atoms with Crippen molar-refractivity contribution < 1.29 is 5.11 Å². The minimum absolute atomic E-state index is 0.108. The smallest absolute Gasteiger partial charge is 0.0610 e. The van der Waals surface area contributed by atoms with Gasteiger partial charge >= 0.3 is 0 Å². The molecule has 1 aliphatic rings. The van der Waals surface area contributed by atoms with Crippen LogP contribution in [0, 0.1) is 5.92 Å². The minimum atomic E-state index is -0.108. The summed E-state index contributed by atoms with van der Waals surface area (Å²) in [5.41, 5.74) is -0.108. The maximum absolute atomic E-state index is 9.36. The van der Waals surface area contributed by atoms with Gasteiger partial charge in [-0.3, -0.25) is 0 Å². The molecule has 4 heteroatoms. The lowest BCUT2D eigenvalue weighted by Gasteiger charge is -2.34. The second-order valence-corrected chi connectivity index (χ2v) is 6.62. The van der Waals surface area contributed by atoms with Crippen LogP contribution in [0.1, 0.15) is 32.6 Å². The molecular formula is C15H33N3O. The Labute approximate surface area is 119 Å². The second kappa shape index (κ2) is 8.20. The average Bonchev–Trinajstić information content (AvgIpc) is 2.40. The van der Waals surface area contributed by atoms with Gasteiger partial charge in [0.05, 0.1) is 6.61 Å². The highest BCUT2D eigenvalue weighted by atomic mass is 16.3. The summed E-state index contributed by atoms with van der Waals surface area (Å²) in [6.45, 7) is 7.20. The molecule has 0 saturated carbocycles. The fraction of sp³-hybridized carbons (Fsp3) is 1.00. The van der Waals surface area contributed by atoms with Gasteiger partial charge in [-0.25, -0.2) is 0 Å². The van der Waals surface area contributed by atoms with E-state index in [-0.39, 0.29) is 12.1 Å². The summed E-state index contributed by atoms with van der Waals surface area (Å²) in [5, 5.41) is 12.6. The first-order chi connectivity index (χ1) is 8.99. The van der Waals surface area contributed by atoms with Gasteiger partial charge in [0.15, 0.2) is 0 Å². The Morgan fingerprint density at radius 1 is 1.32 bits per heavy atom. The predicted molar refractivity (Wildman–Crippen MR) is 81.5 cm³/mol. The second-order valence-electron chi connectivity index (χ2n) is 6.62. The number of hydrogen-bond donors (Lipinski definition) is 2. The van der Waals surface area contributed by atoms with Crippen molar-refractivity contribution in [3.63, 3.8) is 0 Å². The summed E-state index contributed by atoms with van der Waals surface area (Å²) in [7, 11) is 6.27. The zero-order chi connectivity index (χ0) is 14.3. The third-order valence-electron chi connectivity index (χ3n) is 4.49. The number of likely N-dealkylation sites (tertiary alicyclic amines) is 1. The number of hydrogen-bond acceptors (Lipinski definition) is 4. The third kappa shape index (κ3) is 6.21. The lowest BCUT2D eigenvalue weighted by molar-refractivity contribution is 0.142. The Kier molecular flexibility index (Phi) is 7.29. The molecular weight excluding hydrogens is 238 g/mol. The van der Waals surface area contributed by atoms with E-state index >= 15 is 0 Å². The van der Waals surface area contributed by atoms with Crippen molar-refractivity contribution in [3.8, 4) is 0 Å². The van der Waals surface area contributed by atoms with Gasteiger partial charge in [-0.2, -0.15) is 0 Å². The summed E-state index contributed by atoms with van der Waals surface area (Å²) in [5.74, 6) is 0.881. The van der Waals surface area contributed by atoms with E-state index in [9.17, 15) is 5.11 Å². The lowest BCUT2D eigenvalue weighted by Crippen LogP contribution is -2.44. The Hall–Kier alpha value is -0.160. The number of nitrogens with zero attached hydrogens (tertiary/aromatic N) is 2. The molecule has 1 fully saturated rings. The largest absolute Gasteiger partial charge is 0.394 e. The minimum Gasteiger partial charge on any atom is -0.394 e. The van der Waals surface area contributed by atoms with Gasteiger partial charge in [0.2, 0.25) is 0 Å². The highest BCUT2D eigenvalue weighted by Crippen LogP contribution is 2.19. The number of rotatable bonds is 8. The highest BCUT2D eigenvalue weighted by molar-refractivity contribution is 4.81. The standard InChI is InChI=1S/C15H33N3O/c1-15(13-19,16-2)8-5-9-18-10-6-14(7-11-18)12-17(3)4/h14,16,19H,5-13H2,1-4H3. The SMILES string of the molecule is CNC(C)(CO)CCCN1CCC(CN(C)C)CC1. The Morgan fingerprint density at radius 2 is 1.95 bits per heavy atom. The van der Waals surface area contributed by atoms with E-state index in [4.69, 9.17) is 0 Å². The normalized spacial score (nSPS) is 21.8. The molecule has 1 atom stereocenters. The van der Waals surface area contributed by atoms with Crippen LogP contribution in [-0.4, -0.2) is 74.4 Å². The van der Waals surface area contributed by atoms with Crippen LogP contribution >= 0.6 is 0 Å². The Morgan fingerprint density at radius 3 is 2.42 bits per heavy atom. The van der Waals surface area contributed by atoms with Gasteiger partial charge in [-0.05, 0) is 79.3 Å². The average molecular weight is 271 g/mol. The molecule has 0 bridgehead atoms. The maximum Gasteiger partial charge on any atom is 0.0610 e. The van der Waals surface area contributed by atoms with E-state index in [2.05, 4.69) is 36.1 Å². The van der Waals surface area contributed by atoms with Crippen molar-refractivity contribution in [2.24, 2.45) is 5.92 Å². The quantitative estimate of drug-likeness (QED) is 0.691. The first-order valence-electron chi connectivity index (χ1n) is 7.66. The number of aliphatic hydroxyl groups excluding tert-OH is 1. The van der Waals surface area contributed by atoms with Crippen LogP contribution < -0.4 is 5.32 Å². The van der Waals surface area contributed by atoms with Crippen LogP contribution in [0.4, 0.5) is 0 Å². The van der Waals surface area contributed by atoms with Gasteiger partial charge in [-0.1, -0.05) is 0 Å². The molecule has 0 radical (unpaired) electrons. The molecule has 4 nitrogen and oxygen atoms in total. The van der Waals surface area contributed by atoms with E-state index in [0.29, 0.717) is 0 Å². The van der Waals surface area contributed by atoms with Crippen molar-refractivity contribution in [1.82, 2.24) is 15.1 Å². The lowest BCUT2D eigenvalue weighted by atomic mass is 9.94. The van der Waals surface area contributed by atoms with Crippen molar-refractivity contribution in [2.45, 2.75) is 38.1 Å². The zero-order valence-corrected chi connectivity index (χ0v) is 13.3. The fourth-order valence-electron chi connectivity index (χ4n) is 2.88. The fourth-order valence-corrected chi connectivity index (χ4v) is 2.88.